The van der Waals surface area contributed by atoms with Gasteiger partial charge in [-0.15, -0.1) is 11.3 Å². The molecule has 3 aromatic heterocycles. The van der Waals surface area contributed by atoms with E-state index in [9.17, 15) is 0 Å². The average Bonchev–Trinajstić information content (AvgIpc) is 2.91. The second-order valence-corrected chi connectivity index (χ2v) is 4.24. The Morgan fingerprint density at radius 1 is 1.29 bits per heavy atom. The van der Waals surface area contributed by atoms with Crippen molar-refractivity contribution in [2.75, 3.05) is 7.11 Å². The summed E-state index contributed by atoms with van der Waals surface area (Å²) in [4.78, 5) is 17.8. The maximum absolute atomic E-state index is 5.25. The normalized spacial score (nSPS) is 10.6. The molecule has 3 heterocycles. The Hall–Kier alpha value is -2.08. The third-order valence-electron chi connectivity index (χ3n) is 2.26. The molecule has 84 valence electrons. The van der Waals surface area contributed by atoms with Crippen LogP contribution in [0.3, 0.4) is 0 Å². The highest BCUT2D eigenvalue weighted by Gasteiger charge is 2.12. The van der Waals surface area contributed by atoms with Gasteiger partial charge in [0, 0.05) is 0 Å². The first-order valence-corrected chi connectivity index (χ1v) is 5.82. The van der Waals surface area contributed by atoms with E-state index in [1.807, 2.05) is 17.5 Å². The number of fused-ring (bicyclic) bond motifs is 1. The van der Waals surface area contributed by atoms with Crippen LogP contribution in [0.25, 0.3) is 21.7 Å². The van der Waals surface area contributed by atoms with Gasteiger partial charge in [0.2, 0.25) is 5.88 Å². The van der Waals surface area contributed by atoms with E-state index >= 15 is 0 Å². The Morgan fingerprint density at radius 2 is 2.24 bits per heavy atom. The number of nitrogens with zero attached hydrogens (tertiary/aromatic N) is 4. The minimum atomic E-state index is 0.485. The zero-order chi connectivity index (χ0) is 11.7. The number of rotatable bonds is 2. The molecule has 0 radical (unpaired) electrons. The van der Waals surface area contributed by atoms with Crippen LogP contribution < -0.4 is 4.74 Å². The van der Waals surface area contributed by atoms with Crippen LogP contribution in [0.1, 0.15) is 0 Å². The van der Waals surface area contributed by atoms with Crippen LogP contribution in [0, 0.1) is 0 Å². The molecule has 0 saturated heterocycles. The second-order valence-electron chi connectivity index (χ2n) is 3.29. The van der Waals surface area contributed by atoms with E-state index in [4.69, 9.17) is 4.74 Å². The van der Waals surface area contributed by atoms with Crippen LogP contribution in [0.15, 0.2) is 30.0 Å². The predicted molar refractivity (Wildman–Crippen MR) is 65.0 cm³/mol. The molecule has 0 aromatic carbocycles. The van der Waals surface area contributed by atoms with Crippen LogP contribution in [-0.2, 0) is 0 Å². The van der Waals surface area contributed by atoms with E-state index in [0.717, 1.165) is 10.6 Å². The van der Waals surface area contributed by atoms with Gasteiger partial charge in [-0.1, -0.05) is 6.07 Å². The molecule has 6 heteroatoms. The smallest absolute Gasteiger partial charge is 0.243 e. The Kier molecular flexibility index (Phi) is 2.41. The molecule has 0 saturated carbocycles. The Bertz CT molecular complexity index is 654. The SMILES string of the molecule is COc1nc2ncncc2nc1-c1cccs1. The number of ether oxygens (including phenoxy) is 1. The van der Waals surface area contributed by atoms with Crippen LogP contribution in [-0.4, -0.2) is 27.0 Å². The van der Waals surface area contributed by atoms with Crippen molar-refractivity contribution >= 4 is 22.5 Å². The van der Waals surface area contributed by atoms with Gasteiger partial charge < -0.3 is 4.74 Å². The molecule has 0 aliphatic carbocycles. The quantitative estimate of drug-likeness (QED) is 0.691. The van der Waals surface area contributed by atoms with Crippen molar-refractivity contribution in [1.82, 2.24) is 19.9 Å². The molecular formula is C11H8N4OS. The number of hydrogen-bond donors (Lipinski definition) is 0. The lowest BCUT2D eigenvalue weighted by atomic mass is 10.3. The van der Waals surface area contributed by atoms with Gasteiger partial charge in [0.15, 0.2) is 5.65 Å². The maximum Gasteiger partial charge on any atom is 0.243 e. The second kappa shape index (κ2) is 4.06. The molecule has 0 aliphatic heterocycles. The molecule has 0 atom stereocenters. The monoisotopic (exact) mass is 244 g/mol. The van der Waals surface area contributed by atoms with Crippen LogP contribution in [0.4, 0.5) is 0 Å². The van der Waals surface area contributed by atoms with Crippen molar-refractivity contribution in [3.63, 3.8) is 0 Å². The first-order valence-electron chi connectivity index (χ1n) is 4.94. The molecule has 5 nitrogen and oxygen atoms in total. The lowest BCUT2D eigenvalue weighted by Gasteiger charge is -2.05. The van der Waals surface area contributed by atoms with Crippen molar-refractivity contribution in [1.29, 1.82) is 0 Å². The number of aromatic nitrogens is 4. The van der Waals surface area contributed by atoms with E-state index in [-0.39, 0.29) is 0 Å². The maximum atomic E-state index is 5.25. The molecule has 3 rings (SSSR count). The van der Waals surface area contributed by atoms with Gasteiger partial charge >= 0.3 is 0 Å². The fourth-order valence-electron chi connectivity index (χ4n) is 1.51. The van der Waals surface area contributed by atoms with Gasteiger partial charge in [-0.2, -0.15) is 4.98 Å². The van der Waals surface area contributed by atoms with Gasteiger partial charge in [-0.3, -0.25) is 0 Å². The van der Waals surface area contributed by atoms with Gasteiger partial charge in [0.25, 0.3) is 0 Å². The van der Waals surface area contributed by atoms with Crippen molar-refractivity contribution < 1.29 is 4.74 Å². The highest BCUT2D eigenvalue weighted by atomic mass is 32.1. The molecule has 0 bridgehead atoms. The van der Waals surface area contributed by atoms with E-state index in [2.05, 4.69) is 19.9 Å². The lowest BCUT2D eigenvalue weighted by molar-refractivity contribution is 0.399. The highest BCUT2D eigenvalue weighted by molar-refractivity contribution is 7.13. The molecule has 0 fully saturated rings. The third kappa shape index (κ3) is 1.72. The summed E-state index contributed by atoms with van der Waals surface area (Å²) in [6.45, 7) is 0. The molecule has 0 amide bonds. The third-order valence-corrected chi connectivity index (χ3v) is 3.14. The summed E-state index contributed by atoms with van der Waals surface area (Å²) in [5, 5.41) is 1.99. The van der Waals surface area contributed by atoms with Crippen molar-refractivity contribution in [3.05, 3.63) is 30.0 Å². The highest BCUT2D eigenvalue weighted by Crippen LogP contribution is 2.30. The first-order chi connectivity index (χ1) is 8.38. The summed E-state index contributed by atoms with van der Waals surface area (Å²) in [7, 11) is 1.58. The summed E-state index contributed by atoms with van der Waals surface area (Å²) >= 11 is 1.59. The van der Waals surface area contributed by atoms with E-state index < -0.39 is 0 Å². The Labute approximate surface area is 101 Å². The Morgan fingerprint density at radius 3 is 3.00 bits per heavy atom. The summed E-state index contributed by atoms with van der Waals surface area (Å²) in [5.74, 6) is 0.485. The van der Waals surface area contributed by atoms with Crippen molar-refractivity contribution in [2.45, 2.75) is 0 Å². The molecule has 0 N–H and O–H groups in total. The topological polar surface area (TPSA) is 60.8 Å². The summed E-state index contributed by atoms with van der Waals surface area (Å²) < 4.78 is 5.25. The van der Waals surface area contributed by atoms with Gasteiger partial charge in [0.1, 0.15) is 17.5 Å². The van der Waals surface area contributed by atoms with Gasteiger partial charge in [-0.25, -0.2) is 15.0 Å². The van der Waals surface area contributed by atoms with Crippen LogP contribution >= 0.6 is 11.3 Å². The molecule has 0 aliphatic rings. The minimum absolute atomic E-state index is 0.485. The first kappa shape index (κ1) is 10.1. The number of methoxy groups -OCH3 is 1. The summed E-state index contributed by atoms with van der Waals surface area (Å²) in [6.07, 6.45) is 3.09. The lowest BCUT2D eigenvalue weighted by Crippen LogP contribution is -1.97. The average molecular weight is 244 g/mol. The van der Waals surface area contributed by atoms with Crippen LogP contribution in [0.5, 0.6) is 5.88 Å². The van der Waals surface area contributed by atoms with E-state index in [1.165, 1.54) is 6.33 Å². The van der Waals surface area contributed by atoms with Crippen molar-refractivity contribution in [2.24, 2.45) is 0 Å². The summed E-state index contributed by atoms with van der Waals surface area (Å²) in [5.41, 5.74) is 1.93. The molecule has 0 unspecified atom stereocenters. The molecule has 0 spiro atoms. The fraction of sp³-hybridized carbons (Fsp3) is 0.0909. The standard InChI is InChI=1S/C11H8N4OS/c1-16-11-9(8-3-2-4-17-8)14-7-5-12-6-13-10(7)15-11/h2-6H,1H3. The zero-order valence-electron chi connectivity index (χ0n) is 8.99. The van der Waals surface area contributed by atoms with Gasteiger partial charge in [-0.05, 0) is 11.4 Å². The van der Waals surface area contributed by atoms with Crippen molar-refractivity contribution in [3.8, 4) is 16.5 Å². The molecule has 3 aromatic rings. The largest absolute Gasteiger partial charge is 0.479 e. The van der Waals surface area contributed by atoms with E-state index in [0.29, 0.717) is 17.0 Å². The fourth-order valence-corrected chi connectivity index (χ4v) is 2.22. The number of hydrogen-bond acceptors (Lipinski definition) is 6. The summed E-state index contributed by atoms with van der Waals surface area (Å²) in [6, 6.07) is 3.94. The Balaban J connectivity index is 2.29. The van der Waals surface area contributed by atoms with Gasteiger partial charge in [0.05, 0.1) is 18.2 Å². The molecular weight excluding hydrogens is 236 g/mol. The minimum Gasteiger partial charge on any atom is -0.479 e. The zero-order valence-corrected chi connectivity index (χ0v) is 9.81. The number of thiophene rings is 1. The van der Waals surface area contributed by atoms with E-state index in [1.54, 1.807) is 24.6 Å². The van der Waals surface area contributed by atoms with Crippen LogP contribution in [0.2, 0.25) is 0 Å². The predicted octanol–water partition coefficient (Wildman–Crippen LogP) is 2.16. The molecule has 17 heavy (non-hydrogen) atoms.